The van der Waals surface area contributed by atoms with E-state index in [1.165, 1.54) is 11.3 Å². The van der Waals surface area contributed by atoms with Gasteiger partial charge in [0.15, 0.2) is 10.8 Å². The van der Waals surface area contributed by atoms with E-state index in [9.17, 15) is 0 Å². The molecule has 110 valence electrons. The highest BCUT2D eigenvalue weighted by molar-refractivity contribution is 7.97. The molecule has 0 aliphatic heterocycles. The number of aromatic nitrogens is 4. The molecule has 0 atom stereocenters. The predicted octanol–water partition coefficient (Wildman–Crippen LogP) is 3.59. The third kappa shape index (κ3) is 3.14. The minimum atomic E-state index is 0.411. The second-order valence-corrected chi connectivity index (χ2v) is 6.75. The molecule has 1 aromatic carbocycles. The summed E-state index contributed by atoms with van der Waals surface area (Å²) in [5, 5.41) is 14.3. The maximum absolute atomic E-state index is 6.00. The van der Waals surface area contributed by atoms with E-state index in [1.807, 2.05) is 31.4 Å². The van der Waals surface area contributed by atoms with Crippen molar-refractivity contribution in [1.82, 2.24) is 19.8 Å². The summed E-state index contributed by atoms with van der Waals surface area (Å²) in [5.74, 6) is 2.44. The van der Waals surface area contributed by atoms with E-state index in [4.69, 9.17) is 16.3 Å². The van der Waals surface area contributed by atoms with E-state index in [0.717, 1.165) is 37.9 Å². The summed E-state index contributed by atoms with van der Waals surface area (Å²) in [6.07, 6.45) is 2.03. The molecular formula is C13H13ClN4OS2. The molecule has 3 aromatic rings. The summed E-state index contributed by atoms with van der Waals surface area (Å²) in [6, 6.07) is 5.61. The number of hydrogen-bond acceptors (Lipinski definition) is 6. The predicted molar refractivity (Wildman–Crippen MR) is 86.4 cm³/mol. The van der Waals surface area contributed by atoms with Gasteiger partial charge in [-0.15, -0.1) is 10.2 Å². The molecule has 5 nitrogen and oxygen atoms in total. The molecule has 0 amide bonds. The van der Waals surface area contributed by atoms with Crippen LogP contribution in [-0.2, 0) is 12.4 Å². The topological polar surface area (TPSA) is 52.3 Å². The third-order valence-corrected chi connectivity index (χ3v) is 4.71. The van der Waals surface area contributed by atoms with Crippen LogP contribution in [0.5, 0.6) is 5.75 Å². The Hall–Kier alpha value is -1.31. The van der Waals surface area contributed by atoms with Crippen molar-refractivity contribution >= 4 is 39.7 Å². The Balaban J connectivity index is 1.74. The fourth-order valence-corrected chi connectivity index (χ4v) is 3.15. The van der Waals surface area contributed by atoms with Crippen molar-refractivity contribution in [3.05, 3.63) is 39.6 Å². The molecule has 2 heterocycles. The summed E-state index contributed by atoms with van der Waals surface area (Å²) in [4.78, 5) is 0.796. The minimum absolute atomic E-state index is 0.411. The number of hydrogen-bond donors (Lipinski definition) is 0. The number of thioether (sulfide) groups is 1. The monoisotopic (exact) mass is 340 g/mol. The van der Waals surface area contributed by atoms with Crippen molar-refractivity contribution in [2.45, 2.75) is 19.3 Å². The van der Waals surface area contributed by atoms with Crippen LogP contribution in [0.1, 0.15) is 16.4 Å². The lowest BCUT2D eigenvalue weighted by Gasteiger charge is -2.05. The maximum Gasteiger partial charge on any atom is 0.234 e. The van der Waals surface area contributed by atoms with Crippen molar-refractivity contribution in [3.63, 3.8) is 0 Å². The van der Waals surface area contributed by atoms with Crippen LogP contribution in [0.3, 0.4) is 0 Å². The number of nitrogens with zero attached hydrogens (tertiary/aromatic N) is 4. The van der Waals surface area contributed by atoms with Gasteiger partial charge >= 0.3 is 0 Å². The molecule has 0 bridgehead atoms. The molecule has 21 heavy (non-hydrogen) atoms. The first-order valence-corrected chi connectivity index (χ1v) is 8.84. The first-order valence-electron chi connectivity index (χ1n) is 6.25. The zero-order valence-corrected chi connectivity index (χ0v) is 13.9. The van der Waals surface area contributed by atoms with E-state index < -0.39 is 0 Å². The van der Waals surface area contributed by atoms with E-state index in [-0.39, 0.29) is 0 Å². The summed E-state index contributed by atoms with van der Waals surface area (Å²) >= 11 is 9.18. The Bertz CT molecular complexity index is 771. The van der Waals surface area contributed by atoms with Gasteiger partial charge in [0, 0.05) is 5.02 Å². The molecule has 0 aliphatic rings. The lowest BCUT2D eigenvalue weighted by molar-refractivity contribution is 0.304. The number of ether oxygens (including phenoxy) is 1. The van der Waals surface area contributed by atoms with Crippen LogP contribution in [0.15, 0.2) is 18.2 Å². The molecule has 3 rings (SSSR count). The molecule has 8 heteroatoms. The highest BCUT2D eigenvalue weighted by Crippen LogP contribution is 2.23. The van der Waals surface area contributed by atoms with Crippen molar-refractivity contribution in [2.75, 3.05) is 6.26 Å². The molecule has 0 saturated carbocycles. The van der Waals surface area contributed by atoms with Crippen molar-refractivity contribution in [1.29, 1.82) is 0 Å². The van der Waals surface area contributed by atoms with Gasteiger partial charge in [-0.2, -0.15) is 21.4 Å². The van der Waals surface area contributed by atoms with Crippen LogP contribution < -0.4 is 4.74 Å². The van der Waals surface area contributed by atoms with E-state index in [2.05, 4.69) is 15.3 Å². The Kier molecular flexibility index (Phi) is 4.32. The molecule has 0 spiro atoms. The summed E-state index contributed by atoms with van der Waals surface area (Å²) in [7, 11) is 0. The molecule has 0 saturated heterocycles. The lowest BCUT2D eigenvalue weighted by Crippen LogP contribution is -1.98. The van der Waals surface area contributed by atoms with Gasteiger partial charge in [-0.05, 0) is 36.9 Å². The smallest absolute Gasteiger partial charge is 0.234 e. The zero-order valence-electron chi connectivity index (χ0n) is 11.5. The van der Waals surface area contributed by atoms with Crippen LogP contribution >= 0.6 is 34.7 Å². The molecular weight excluding hydrogens is 328 g/mol. The van der Waals surface area contributed by atoms with Gasteiger partial charge in [0.05, 0.1) is 5.75 Å². The van der Waals surface area contributed by atoms with Gasteiger partial charge in [-0.1, -0.05) is 22.9 Å². The first kappa shape index (κ1) is 14.6. The summed E-state index contributed by atoms with van der Waals surface area (Å²) in [6.45, 7) is 2.36. The third-order valence-electron chi connectivity index (χ3n) is 2.86. The van der Waals surface area contributed by atoms with Gasteiger partial charge in [0.1, 0.15) is 12.4 Å². The molecule has 0 aliphatic carbocycles. The summed E-state index contributed by atoms with van der Waals surface area (Å²) in [5.41, 5.74) is 0.995. The van der Waals surface area contributed by atoms with Crippen molar-refractivity contribution in [2.24, 2.45) is 0 Å². The maximum atomic E-state index is 6.00. The average molecular weight is 341 g/mol. The normalized spacial score (nSPS) is 11.2. The Morgan fingerprint density at radius 1 is 1.38 bits per heavy atom. The highest BCUT2D eigenvalue weighted by atomic mass is 35.5. The number of rotatable bonds is 5. The van der Waals surface area contributed by atoms with Gasteiger partial charge in [0.25, 0.3) is 0 Å². The second-order valence-electron chi connectivity index (χ2n) is 4.44. The fourth-order valence-electron chi connectivity index (χ4n) is 1.83. The van der Waals surface area contributed by atoms with Gasteiger partial charge < -0.3 is 4.74 Å². The van der Waals surface area contributed by atoms with E-state index >= 15 is 0 Å². The number of fused-ring (bicyclic) bond motifs is 1. The molecule has 2 aromatic heterocycles. The SMILES string of the molecule is CSCc1nnc2sc(COc3ccc(Cl)c(C)c3)nn12. The van der Waals surface area contributed by atoms with Crippen LogP contribution in [0.25, 0.3) is 4.96 Å². The van der Waals surface area contributed by atoms with E-state index in [0.29, 0.717) is 6.61 Å². The number of halogens is 1. The van der Waals surface area contributed by atoms with Crippen LogP contribution in [0, 0.1) is 6.92 Å². The van der Waals surface area contributed by atoms with Crippen LogP contribution in [0.4, 0.5) is 0 Å². The molecule has 0 radical (unpaired) electrons. The second kappa shape index (κ2) is 6.21. The van der Waals surface area contributed by atoms with Crippen LogP contribution in [-0.4, -0.2) is 26.1 Å². The average Bonchev–Trinajstić information content (AvgIpc) is 3.02. The Labute approximate surface area is 135 Å². The zero-order chi connectivity index (χ0) is 14.8. The first-order chi connectivity index (χ1) is 10.2. The largest absolute Gasteiger partial charge is 0.486 e. The standard InChI is InChI=1S/C13H13ClN4OS2/c1-8-5-9(3-4-10(8)14)19-6-12-17-18-11(7-20-2)15-16-13(18)21-12/h3-5H,6-7H2,1-2H3. The lowest BCUT2D eigenvalue weighted by atomic mass is 10.2. The van der Waals surface area contributed by atoms with Crippen LogP contribution in [0.2, 0.25) is 5.02 Å². The Morgan fingerprint density at radius 2 is 2.24 bits per heavy atom. The van der Waals surface area contributed by atoms with Crippen molar-refractivity contribution < 1.29 is 4.74 Å². The fraction of sp³-hybridized carbons (Fsp3) is 0.308. The molecule has 0 unspecified atom stereocenters. The molecule has 0 N–H and O–H groups in total. The number of benzene rings is 1. The minimum Gasteiger partial charge on any atom is -0.486 e. The van der Waals surface area contributed by atoms with Gasteiger partial charge in [0.2, 0.25) is 4.96 Å². The van der Waals surface area contributed by atoms with Gasteiger partial charge in [-0.3, -0.25) is 0 Å². The van der Waals surface area contributed by atoms with E-state index in [1.54, 1.807) is 16.3 Å². The Morgan fingerprint density at radius 3 is 3.00 bits per heavy atom. The van der Waals surface area contributed by atoms with Crippen molar-refractivity contribution in [3.8, 4) is 5.75 Å². The van der Waals surface area contributed by atoms with Gasteiger partial charge in [-0.25, -0.2) is 0 Å². The highest BCUT2D eigenvalue weighted by Gasteiger charge is 2.11. The summed E-state index contributed by atoms with van der Waals surface area (Å²) < 4.78 is 7.53. The quantitative estimate of drug-likeness (QED) is 0.710. The molecule has 0 fully saturated rings. The number of aryl methyl sites for hydroxylation is 1.